The molecule has 1 aromatic carbocycles. The summed E-state index contributed by atoms with van der Waals surface area (Å²) in [6.45, 7) is 7.10. The molecule has 0 bridgehead atoms. The minimum atomic E-state index is -0.405. The summed E-state index contributed by atoms with van der Waals surface area (Å²) in [7, 11) is 1.58. The topological polar surface area (TPSA) is 123 Å². The Morgan fingerprint density at radius 2 is 2.11 bits per heavy atom. The van der Waals surface area contributed by atoms with E-state index in [1.165, 1.54) is 6.92 Å². The summed E-state index contributed by atoms with van der Waals surface area (Å²) in [6, 6.07) is 6.08. The molecule has 1 amide bonds. The first-order chi connectivity index (χ1) is 16.9. The van der Waals surface area contributed by atoms with Gasteiger partial charge in [0, 0.05) is 51.6 Å². The molecule has 2 N–H and O–H groups in total. The van der Waals surface area contributed by atoms with Gasteiger partial charge in [-0.15, -0.1) is 0 Å². The number of amides is 1. The Balaban J connectivity index is 1.68. The molecule has 1 aromatic heterocycles. The first-order valence-electron chi connectivity index (χ1n) is 12.3. The standard InChI is InChI=1S/C25H34N6O4/c1-4-29(12-5-11-26)21(14-27-16(2)32)17-10-13-30(15-17)20-9-8-19-22(23(20)35-3)31(18-6-7-18)25(34)28-24(19)33/h8-9,17-18,21H,4-7,10,12-15H2,1-3H3,(H,27,32)(H,28,33,34). The van der Waals surface area contributed by atoms with Crippen LogP contribution in [0.15, 0.2) is 21.7 Å². The molecule has 0 spiro atoms. The van der Waals surface area contributed by atoms with Crippen LogP contribution < -0.4 is 26.2 Å². The molecule has 1 saturated carbocycles. The number of likely N-dealkylation sites (N-methyl/N-ethyl adjacent to an activating group) is 1. The lowest BCUT2D eigenvalue weighted by atomic mass is 9.96. The van der Waals surface area contributed by atoms with Crippen LogP contribution in [0.25, 0.3) is 10.9 Å². The molecule has 1 aliphatic carbocycles. The SMILES string of the molecule is CCN(CCC#N)C(CNC(C)=O)C1CCN(c2ccc3c(=O)[nH]c(=O)n(C4CC4)c3c2OC)C1. The third kappa shape index (κ3) is 5.05. The average molecular weight is 483 g/mol. The summed E-state index contributed by atoms with van der Waals surface area (Å²) in [5, 5.41) is 12.5. The van der Waals surface area contributed by atoms with Gasteiger partial charge in [0.2, 0.25) is 5.91 Å². The van der Waals surface area contributed by atoms with Gasteiger partial charge in [0.25, 0.3) is 5.56 Å². The highest BCUT2D eigenvalue weighted by molar-refractivity contribution is 5.90. The van der Waals surface area contributed by atoms with E-state index in [4.69, 9.17) is 10.00 Å². The molecule has 2 fully saturated rings. The fourth-order valence-corrected chi connectivity index (χ4v) is 5.35. The summed E-state index contributed by atoms with van der Waals surface area (Å²) >= 11 is 0. The number of benzene rings is 1. The molecule has 2 unspecified atom stereocenters. The number of H-pyrrole nitrogens is 1. The molecule has 188 valence electrons. The van der Waals surface area contributed by atoms with Crippen molar-refractivity contribution in [2.45, 2.75) is 51.6 Å². The number of hydrogen-bond donors (Lipinski definition) is 2. The highest BCUT2D eigenvalue weighted by atomic mass is 16.5. The van der Waals surface area contributed by atoms with E-state index in [1.807, 2.05) is 6.07 Å². The average Bonchev–Trinajstić information content (AvgIpc) is 3.55. The Hall–Kier alpha value is -3.32. The summed E-state index contributed by atoms with van der Waals surface area (Å²) in [4.78, 5) is 43.9. The van der Waals surface area contributed by atoms with Gasteiger partial charge in [-0.1, -0.05) is 6.92 Å². The van der Waals surface area contributed by atoms with Gasteiger partial charge in [0.05, 0.1) is 24.3 Å². The fourth-order valence-electron chi connectivity index (χ4n) is 5.35. The van der Waals surface area contributed by atoms with Crippen LogP contribution in [0.3, 0.4) is 0 Å². The minimum Gasteiger partial charge on any atom is -0.492 e. The van der Waals surface area contributed by atoms with E-state index in [9.17, 15) is 14.4 Å². The molecule has 10 heteroatoms. The number of methoxy groups -OCH3 is 1. The number of rotatable bonds is 10. The lowest BCUT2D eigenvalue weighted by Crippen LogP contribution is -2.49. The van der Waals surface area contributed by atoms with Crippen LogP contribution in [0.5, 0.6) is 5.75 Å². The molecule has 1 saturated heterocycles. The zero-order valence-corrected chi connectivity index (χ0v) is 20.7. The number of carbonyl (C=O) groups excluding carboxylic acids is 1. The predicted molar refractivity (Wildman–Crippen MR) is 134 cm³/mol. The van der Waals surface area contributed by atoms with E-state index < -0.39 is 11.2 Å². The number of carbonyl (C=O) groups is 1. The molecule has 2 atom stereocenters. The highest BCUT2D eigenvalue weighted by Crippen LogP contribution is 2.42. The third-order valence-corrected chi connectivity index (χ3v) is 7.21. The monoisotopic (exact) mass is 482 g/mol. The molecular formula is C25H34N6O4. The van der Waals surface area contributed by atoms with Crippen LogP contribution in [0.4, 0.5) is 5.69 Å². The molecule has 1 aliphatic heterocycles. The lowest BCUT2D eigenvalue weighted by molar-refractivity contribution is -0.119. The second kappa shape index (κ2) is 10.5. The summed E-state index contributed by atoms with van der Waals surface area (Å²) in [6.07, 6.45) is 3.16. The number of hydrogen-bond acceptors (Lipinski definition) is 7. The van der Waals surface area contributed by atoms with Crippen molar-refractivity contribution >= 4 is 22.5 Å². The Bertz CT molecular complexity index is 1240. The Morgan fingerprint density at radius 1 is 1.34 bits per heavy atom. The number of anilines is 1. The number of aromatic nitrogens is 2. The van der Waals surface area contributed by atoms with Gasteiger partial charge in [-0.3, -0.25) is 24.0 Å². The first-order valence-corrected chi connectivity index (χ1v) is 12.3. The van der Waals surface area contributed by atoms with Crippen molar-refractivity contribution in [3.63, 3.8) is 0 Å². The van der Waals surface area contributed by atoms with E-state index in [-0.39, 0.29) is 23.9 Å². The molecule has 2 aromatic rings. The maximum atomic E-state index is 12.7. The second-order valence-electron chi connectivity index (χ2n) is 9.41. The van der Waals surface area contributed by atoms with Gasteiger partial charge >= 0.3 is 5.69 Å². The van der Waals surface area contributed by atoms with Crippen molar-refractivity contribution in [3.05, 3.63) is 33.0 Å². The van der Waals surface area contributed by atoms with Gasteiger partial charge in [0.15, 0.2) is 5.75 Å². The molecule has 0 radical (unpaired) electrons. The second-order valence-corrected chi connectivity index (χ2v) is 9.41. The number of nitriles is 1. The Morgan fingerprint density at radius 3 is 2.74 bits per heavy atom. The predicted octanol–water partition coefficient (Wildman–Crippen LogP) is 1.60. The normalized spacial score (nSPS) is 18.6. The lowest BCUT2D eigenvalue weighted by Gasteiger charge is -2.35. The van der Waals surface area contributed by atoms with Crippen molar-refractivity contribution in [2.75, 3.05) is 44.7 Å². The number of aromatic amines is 1. The van der Waals surface area contributed by atoms with Crippen molar-refractivity contribution in [3.8, 4) is 11.8 Å². The summed E-state index contributed by atoms with van der Waals surface area (Å²) in [5.74, 6) is 0.750. The van der Waals surface area contributed by atoms with Crippen LogP contribution >= 0.6 is 0 Å². The molecule has 4 rings (SSSR count). The van der Waals surface area contributed by atoms with E-state index >= 15 is 0 Å². The zero-order valence-electron chi connectivity index (χ0n) is 20.7. The maximum Gasteiger partial charge on any atom is 0.329 e. The van der Waals surface area contributed by atoms with Gasteiger partial charge < -0.3 is 15.0 Å². The van der Waals surface area contributed by atoms with Crippen LogP contribution in [0, 0.1) is 17.2 Å². The number of fused-ring (bicyclic) bond motifs is 1. The van der Waals surface area contributed by atoms with Crippen LogP contribution in [0.1, 0.15) is 45.6 Å². The molecule has 10 nitrogen and oxygen atoms in total. The Labute approximate surface area is 204 Å². The van der Waals surface area contributed by atoms with Gasteiger partial charge in [-0.2, -0.15) is 5.26 Å². The van der Waals surface area contributed by atoms with Gasteiger partial charge in [-0.25, -0.2) is 4.79 Å². The molecule has 2 aliphatic rings. The molecule has 2 heterocycles. The molecule has 35 heavy (non-hydrogen) atoms. The third-order valence-electron chi connectivity index (χ3n) is 7.21. The largest absolute Gasteiger partial charge is 0.492 e. The van der Waals surface area contributed by atoms with E-state index in [2.05, 4.69) is 33.1 Å². The van der Waals surface area contributed by atoms with Crippen molar-refractivity contribution in [1.82, 2.24) is 19.8 Å². The molecular weight excluding hydrogens is 448 g/mol. The van der Waals surface area contributed by atoms with Crippen LogP contribution in [-0.2, 0) is 4.79 Å². The van der Waals surface area contributed by atoms with E-state index in [1.54, 1.807) is 17.7 Å². The number of nitrogens with zero attached hydrogens (tertiary/aromatic N) is 4. The summed E-state index contributed by atoms with van der Waals surface area (Å²) < 4.78 is 7.51. The van der Waals surface area contributed by atoms with Gasteiger partial charge in [0.1, 0.15) is 5.52 Å². The zero-order chi connectivity index (χ0) is 25.1. The maximum absolute atomic E-state index is 12.7. The fraction of sp³-hybridized carbons (Fsp3) is 0.600. The summed E-state index contributed by atoms with van der Waals surface area (Å²) in [5.41, 5.74) is 0.618. The van der Waals surface area contributed by atoms with Crippen molar-refractivity contribution < 1.29 is 9.53 Å². The van der Waals surface area contributed by atoms with Crippen LogP contribution in [0.2, 0.25) is 0 Å². The van der Waals surface area contributed by atoms with Crippen molar-refractivity contribution in [2.24, 2.45) is 5.92 Å². The van der Waals surface area contributed by atoms with Crippen LogP contribution in [-0.4, -0.2) is 66.2 Å². The quantitative estimate of drug-likeness (QED) is 0.527. The highest BCUT2D eigenvalue weighted by Gasteiger charge is 2.35. The Kier molecular flexibility index (Phi) is 7.45. The number of nitrogens with one attached hydrogen (secondary N) is 2. The van der Waals surface area contributed by atoms with E-state index in [0.717, 1.165) is 44.6 Å². The smallest absolute Gasteiger partial charge is 0.329 e. The van der Waals surface area contributed by atoms with Gasteiger partial charge in [-0.05, 0) is 43.9 Å². The number of ether oxygens (including phenoxy) is 1. The van der Waals surface area contributed by atoms with E-state index in [0.29, 0.717) is 36.2 Å². The first kappa shape index (κ1) is 24.8. The van der Waals surface area contributed by atoms with Crippen molar-refractivity contribution in [1.29, 1.82) is 5.26 Å². The minimum absolute atomic E-state index is 0.0688.